The standard InChI is InChI=1S/C22H20N2O4/c1-14(16-3-4-18-12-20(28-2)8-6-17(18)11-16)22(25)23-10-9-15-5-7-19(24(26)27)13-21(15)23/h3-8,11-14H,9-10H2,1-2H3/t14-/m0/s1. The minimum absolute atomic E-state index is 0.00533. The van der Waals surface area contributed by atoms with Crippen molar-refractivity contribution in [1.82, 2.24) is 0 Å². The number of carbonyl (C=O) groups excluding carboxylic acids is 1. The molecule has 0 saturated heterocycles. The van der Waals surface area contributed by atoms with Crippen LogP contribution in [0.5, 0.6) is 5.75 Å². The topological polar surface area (TPSA) is 72.7 Å². The second-order valence-corrected chi connectivity index (χ2v) is 7.00. The Balaban J connectivity index is 1.64. The number of nitro groups is 1. The molecule has 28 heavy (non-hydrogen) atoms. The summed E-state index contributed by atoms with van der Waals surface area (Å²) < 4.78 is 5.26. The summed E-state index contributed by atoms with van der Waals surface area (Å²) in [6.07, 6.45) is 0.712. The molecule has 0 aliphatic carbocycles. The zero-order valence-corrected chi connectivity index (χ0v) is 15.7. The largest absolute Gasteiger partial charge is 0.497 e. The molecule has 0 saturated carbocycles. The summed E-state index contributed by atoms with van der Waals surface area (Å²) in [5, 5.41) is 13.2. The zero-order valence-electron chi connectivity index (χ0n) is 15.7. The van der Waals surface area contributed by atoms with Crippen molar-refractivity contribution in [3.8, 4) is 5.75 Å². The van der Waals surface area contributed by atoms with E-state index < -0.39 is 4.92 Å². The maximum atomic E-state index is 13.2. The monoisotopic (exact) mass is 376 g/mol. The predicted molar refractivity (Wildman–Crippen MR) is 108 cm³/mol. The fourth-order valence-electron chi connectivity index (χ4n) is 3.73. The molecule has 0 fully saturated rings. The number of fused-ring (bicyclic) bond motifs is 2. The van der Waals surface area contributed by atoms with Crippen molar-refractivity contribution in [3.63, 3.8) is 0 Å². The van der Waals surface area contributed by atoms with Crippen molar-refractivity contribution in [1.29, 1.82) is 0 Å². The van der Waals surface area contributed by atoms with Crippen LogP contribution < -0.4 is 9.64 Å². The van der Waals surface area contributed by atoms with Crippen LogP contribution in [-0.2, 0) is 11.2 Å². The van der Waals surface area contributed by atoms with Crippen molar-refractivity contribution in [2.24, 2.45) is 0 Å². The van der Waals surface area contributed by atoms with E-state index in [0.717, 1.165) is 27.6 Å². The van der Waals surface area contributed by atoms with Gasteiger partial charge in [-0.2, -0.15) is 0 Å². The predicted octanol–water partition coefficient (Wildman–Crippen LogP) is 4.45. The van der Waals surface area contributed by atoms with E-state index >= 15 is 0 Å². The van der Waals surface area contributed by atoms with E-state index in [9.17, 15) is 14.9 Å². The van der Waals surface area contributed by atoms with Crippen LogP contribution in [0.4, 0.5) is 11.4 Å². The smallest absolute Gasteiger partial charge is 0.271 e. The molecule has 0 bridgehead atoms. The summed E-state index contributed by atoms with van der Waals surface area (Å²) in [6.45, 7) is 2.42. The molecule has 0 spiro atoms. The van der Waals surface area contributed by atoms with Crippen LogP contribution in [0.15, 0.2) is 54.6 Å². The van der Waals surface area contributed by atoms with Gasteiger partial charge in [-0.15, -0.1) is 0 Å². The van der Waals surface area contributed by atoms with Gasteiger partial charge in [-0.05, 0) is 47.4 Å². The third kappa shape index (κ3) is 3.07. The lowest BCUT2D eigenvalue weighted by molar-refractivity contribution is -0.384. The van der Waals surface area contributed by atoms with Crippen molar-refractivity contribution >= 4 is 28.1 Å². The van der Waals surface area contributed by atoms with E-state index in [0.29, 0.717) is 18.7 Å². The van der Waals surface area contributed by atoms with E-state index in [2.05, 4.69) is 0 Å². The van der Waals surface area contributed by atoms with E-state index in [1.54, 1.807) is 18.1 Å². The Hall–Kier alpha value is -3.41. The molecule has 1 atom stereocenters. The van der Waals surface area contributed by atoms with E-state index in [1.165, 1.54) is 12.1 Å². The second-order valence-electron chi connectivity index (χ2n) is 7.00. The first-order chi connectivity index (χ1) is 13.5. The summed E-state index contributed by atoms with van der Waals surface area (Å²) in [5.74, 6) is 0.392. The SMILES string of the molecule is COc1ccc2cc([C@H](C)C(=O)N3CCc4ccc([N+](=O)[O-])cc43)ccc2c1. The van der Waals surface area contributed by atoms with Crippen molar-refractivity contribution in [2.75, 3.05) is 18.6 Å². The van der Waals surface area contributed by atoms with Crippen LogP contribution in [-0.4, -0.2) is 24.5 Å². The van der Waals surface area contributed by atoms with Crippen LogP contribution >= 0.6 is 0 Å². The first-order valence-corrected chi connectivity index (χ1v) is 9.14. The highest BCUT2D eigenvalue weighted by atomic mass is 16.6. The van der Waals surface area contributed by atoms with Crippen molar-refractivity contribution in [3.05, 3.63) is 75.8 Å². The quantitative estimate of drug-likeness (QED) is 0.498. The molecule has 4 rings (SSSR count). The van der Waals surface area contributed by atoms with Gasteiger partial charge in [0.05, 0.1) is 23.6 Å². The molecule has 3 aromatic rings. The molecule has 142 valence electrons. The maximum absolute atomic E-state index is 13.2. The lowest BCUT2D eigenvalue weighted by Gasteiger charge is -2.22. The molecule has 3 aromatic carbocycles. The third-order valence-electron chi connectivity index (χ3n) is 5.38. The van der Waals surface area contributed by atoms with E-state index in [4.69, 9.17) is 4.74 Å². The molecular weight excluding hydrogens is 356 g/mol. The van der Waals surface area contributed by atoms with Gasteiger partial charge in [0.1, 0.15) is 5.75 Å². The molecule has 0 N–H and O–H groups in total. The number of rotatable bonds is 4. The number of carbonyl (C=O) groups is 1. The van der Waals surface area contributed by atoms with Gasteiger partial charge >= 0.3 is 0 Å². The molecule has 1 aliphatic rings. The number of ether oxygens (including phenoxy) is 1. The fraction of sp³-hybridized carbons (Fsp3) is 0.227. The Morgan fingerprint density at radius 3 is 2.61 bits per heavy atom. The van der Waals surface area contributed by atoms with Crippen LogP contribution in [0.1, 0.15) is 24.0 Å². The highest BCUT2D eigenvalue weighted by Crippen LogP contribution is 2.34. The molecule has 1 heterocycles. The molecule has 0 unspecified atom stereocenters. The van der Waals surface area contributed by atoms with Gasteiger partial charge in [-0.3, -0.25) is 14.9 Å². The molecule has 1 aliphatic heterocycles. The van der Waals surface area contributed by atoms with Crippen LogP contribution in [0.2, 0.25) is 0 Å². The maximum Gasteiger partial charge on any atom is 0.271 e. The number of benzene rings is 3. The number of methoxy groups -OCH3 is 1. The summed E-state index contributed by atoms with van der Waals surface area (Å²) in [4.78, 5) is 25.5. The van der Waals surface area contributed by atoms with Crippen molar-refractivity contribution < 1.29 is 14.5 Å². The van der Waals surface area contributed by atoms with Gasteiger partial charge in [-0.1, -0.05) is 30.3 Å². The Labute approximate surface area is 162 Å². The number of amides is 1. The normalized spacial score (nSPS) is 14.0. The average molecular weight is 376 g/mol. The molecule has 6 heteroatoms. The average Bonchev–Trinajstić information content (AvgIpc) is 3.15. The third-order valence-corrected chi connectivity index (χ3v) is 5.38. The summed E-state index contributed by atoms with van der Waals surface area (Å²) in [6, 6.07) is 16.5. The lowest BCUT2D eigenvalue weighted by atomic mass is 9.96. The van der Waals surface area contributed by atoms with Gasteiger partial charge in [0.25, 0.3) is 5.69 Å². The number of hydrogen-bond donors (Lipinski definition) is 0. The molecule has 6 nitrogen and oxygen atoms in total. The Morgan fingerprint density at radius 1 is 1.11 bits per heavy atom. The van der Waals surface area contributed by atoms with Gasteiger partial charge in [0.2, 0.25) is 5.91 Å². The minimum atomic E-state index is -0.428. The van der Waals surface area contributed by atoms with Gasteiger partial charge in [0, 0.05) is 18.7 Å². The molecular formula is C22H20N2O4. The highest BCUT2D eigenvalue weighted by molar-refractivity contribution is 6.00. The molecule has 0 radical (unpaired) electrons. The van der Waals surface area contributed by atoms with E-state index in [-0.39, 0.29) is 17.5 Å². The highest BCUT2D eigenvalue weighted by Gasteiger charge is 2.30. The summed E-state index contributed by atoms with van der Waals surface area (Å²) in [7, 11) is 1.63. The van der Waals surface area contributed by atoms with Crippen LogP contribution in [0.25, 0.3) is 10.8 Å². The van der Waals surface area contributed by atoms with Gasteiger partial charge < -0.3 is 9.64 Å². The van der Waals surface area contributed by atoms with Crippen LogP contribution in [0.3, 0.4) is 0 Å². The Morgan fingerprint density at radius 2 is 1.86 bits per heavy atom. The number of nitro benzene ring substituents is 1. The fourth-order valence-corrected chi connectivity index (χ4v) is 3.73. The van der Waals surface area contributed by atoms with E-state index in [1.807, 2.05) is 43.3 Å². The lowest BCUT2D eigenvalue weighted by Crippen LogP contribution is -2.32. The Bertz CT molecular complexity index is 1090. The summed E-state index contributed by atoms with van der Waals surface area (Å²) in [5.41, 5.74) is 2.54. The second kappa shape index (κ2) is 6.96. The number of anilines is 1. The summed E-state index contributed by atoms with van der Waals surface area (Å²) >= 11 is 0. The van der Waals surface area contributed by atoms with Crippen molar-refractivity contribution in [2.45, 2.75) is 19.3 Å². The number of non-ortho nitro benzene ring substituents is 1. The zero-order chi connectivity index (χ0) is 19.8. The van der Waals surface area contributed by atoms with Gasteiger partial charge in [-0.25, -0.2) is 0 Å². The first kappa shape index (κ1) is 18.0. The van der Waals surface area contributed by atoms with Crippen LogP contribution in [0, 0.1) is 10.1 Å². The first-order valence-electron chi connectivity index (χ1n) is 9.14. The molecule has 1 amide bonds. The minimum Gasteiger partial charge on any atom is -0.497 e. The van der Waals surface area contributed by atoms with Gasteiger partial charge in [0.15, 0.2) is 0 Å². The number of nitrogens with zero attached hydrogens (tertiary/aromatic N) is 2. The molecule has 0 aromatic heterocycles. The number of hydrogen-bond acceptors (Lipinski definition) is 4. The Kier molecular flexibility index (Phi) is 4.47.